The molecule has 2 aliphatic rings. The van der Waals surface area contributed by atoms with Crippen molar-refractivity contribution < 1.29 is 9.53 Å². The van der Waals surface area contributed by atoms with Crippen molar-refractivity contribution in [2.24, 2.45) is 5.41 Å². The van der Waals surface area contributed by atoms with Crippen molar-refractivity contribution in [3.8, 4) is 0 Å². The van der Waals surface area contributed by atoms with Gasteiger partial charge in [0.1, 0.15) is 6.61 Å². The second kappa shape index (κ2) is 4.61. The summed E-state index contributed by atoms with van der Waals surface area (Å²) in [7, 11) is 0. The summed E-state index contributed by atoms with van der Waals surface area (Å²) < 4.78 is 5.30. The summed E-state index contributed by atoms with van der Waals surface area (Å²) in [6.07, 6.45) is 0.992. The Morgan fingerprint density at radius 2 is 2.11 bits per heavy atom. The minimum absolute atomic E-state index is 0.184. The average Bonchev–Trinajstić information content (AvgIpc) is 2.85. The van der Waals surface area contributed by atoms with Gasteiger partial charge in [0.05, 0.1) is 0 Å². The van der Waals surface area contributed by atoms with E-state index in [0.717, 1.165) is 31.7 Å². The molecule has 1 aromatic carbocycles. The van der Waals surface area contributed by atoms with Gasteiger partial charge in [-0.2, -0.15) is 0 Å². The van der Waals surface area contributed by atoms with Crippen LogP contribution in [-0.2, 0) is 11.3 Å². The first-order valence-corrected chi connectivity index (χ1v) is 6.44. The van der Waals surface area contributed by atoms with Gasteiger partial charge in [0.2, 0.25) is 0 Å². The van der Waals surface area contributed by atoms with E-state index in [1.165, 1.54) is 6.42 Å². The highest BCUT2D eigenvalue weighted by atomic mass is 16.6. The standard InChI is InChI=1S/C14H18N2O2/c17-13(18-8-12-4-2-1-3-5-12)16-10-14(11-16)6-7-15-9-14/h1-5,15H,6-11H2. The zero-order chi connectivity index (χ0) is 12.4. The van der Waals surface area contributed by atoms with Crippen molar-refractivity contribution >= 4 is 6.09 Å². The molecule has 2 aliphatic heterocycles. The number of carbonyl (C=O) groups excluding carboxylic acids is 1. The van der Waals surface area contributed by atoms with E-state index in [1.54, 1.807) is 4.90 Å². The van der Waals surface area contributed by atoms with Gasteiger partial charge in [-0.3, -0.25) is 0 Å². The van der Waals surface area contributed by atoms with E-state index in [4.69, 9.17) is 4.74 Å². The first-order chi connectivity index (χ1) is 8.77. The molecule has 0 bridgehead atoms. The molecule has 0 radical (unpaired) electrons. The Morgan fingerprint density at radius 3 is 2.78 bits per heavy atom. The largest absolute Gasteiger partial charge is 0.445 e. The monoisotopic (exact) mass is 246 g/mol. The normalized spacial score (nSPS) is 20.8. The Balaban J connectivity index is 1.46. The van der Waals surface area contributed by atoms with E-state index in [-0.39, 0.29) is 6.09 Å². The minimum Gasteiger partial charge on any atom is -0.445 e. The van der Waals surface area contributed by atoms with Crippen LogP contribution < -0.4 is 5.32 Å². The van der Waals surface area contributed by atoms with Crippen LogP contribution in [0, 0.1) is 5.41 Å². The van der Waals surface area contributed by atoms with Gasteiger partial charge in [-0.05, 0) is 18.5 Å². The van der Waals surface area contributed by atoms with Crippen LogP contribution >= 0.6 is 0 Å². The number of nitrogens with zero attached hydrogens (tertiary/aromatic N) is 1. The van der Waals surface area contributed by atoms with Crippen molar-refractivity contribution in [1.82, 2.24) is 10.2 Å². The van der Waals surface area contributed by atoms with Crippen molar-refractivity contribution in [3.63, 3.8) is 0 Å². The molecule has 18 heavy (non-hydrogen) atoms. The van der Waals surface area contributed by atoms with Crippen molar-refractivity contribution in [1.29, 1.82) is 0 Å². The summed E-state index contributed by atoms with van der Waals surface area (Å²) in [5, 5.41) is 3.35. The van der Waals surface area contributed by atoms with Crippen molar-refractivity contribution in [2.45, 2.75) is 13.0 Å². The highest BCUT2D eigenvalue weighted by Crippen LogP contribution is 2.36. The van der Waals surface area contributed by atoms with Crippen LogP contribution in [0.4, 0.5) is 4.79 Å². The van der Waals surface area contributed by atoms with Crippen molar-refractivity contribution in [3.05, 3.63) is 35.9 Å². The number of benzene rings is 1. The lowest BCUT2D eigenvalue weighted by molar-refractivity contribution is 0.00512. The predicted octanol–water partition coefficient (Wildman–Crippen LogP) is 1.62. The molecule has 1 spiro atoms. The molecule has 2 fully saturated rings. The molecule has 1 aromatic rings. The fourth-order valence-corrected chi connectivity index (χ4v) is 2.77. The Kier molecular flexibility index (Phi) is 2.96. The summed E-state index contributed by atoms with van der Waals surface area (Å²) in [5.74, 6) is 0. The lowest BCUT2D eigenvalue weighted by Gasteiger charge is -2.46. The second-order valence-corrected chi connectivity index (χ2v) is 5.32. The van der Waals surface area contributed by atoms with Crippen LogP contribution in [0.15, 0.2) is 30.3 Å². The quantitative estimate of drug-likeness (QED) is 0.862. The van der Waals surface area contributed by atoms with E-state index in [9.17, 15) is 4.79 Å². The molecule has 1 amide bonds. The zero-order valence-electron chi connectivity index (χ0n) is 10.4. The Morgan fingerprint density at radius 1 is 1.33 bits per heavy atom. The van der Waals surface area contributed by atoms with Crippen LogP contribution in [0.25, 0.3) is 0 Å². The van der Waals surface area contributed by atoms with Crippen LogP contribution in [0.1, 0.15) is 12.0 Å². The Bertz CT molecular complexity index is 419. The molecule has 2 heterocycles. The third-order valence-corrected chi connectivity index (χ3v) is 3.85. The maximum absolute atomic E-state index is 11.8. The SMILES string of the molecule is O=C(OCc1ccccc1)N1CC2(CCNC2)C1. The molecule has 4 heteroatoms. The summed E-state index contributed by atoms with van der Waals surface area (Å²) in [6.45, 7) is 4.16. The minimum atomic E-state index is -0.184. The maximum atomic E-state index is 11.8. The van der Waals surface area contributed by atoms with E-state index < -0.39 is 0 Å². The Hall–Kier alpha value is -1.55. The fraction of sp³-hybridized carbons (Fsp3) is 0.500. The molecule has 0 unspecified atom stereocenters. The number of likely N-dealkylation sites (tertiary alicyclic amines) is 1. The lowest BCUT2D eigenvalue weighted by Crippen LogP contribution is -2.59. The summed E-state index contributed by atoms with van der Waals surface area (Å²) in [6, 6.07) is 9.78. The number of hydrogen-bond donors (Lipinski definition) is 1. The molecular weight excluding hydrogens is 228 g/mol. The number of rotatable bonds is 2. The topological polar surface area (TPSA) is 41.6 Å². The summed E-state index contributed by atoms with van der Waals surface area (Å²) >= 11 is 0. The van der Waals surface area contributed by atoms with E-state index >= 15 is 0 Å². The van der Waals surface area contributed by atoms with Gasteiger partial charge in [0.15, 0.2) is 0 Å². The van der Waals surface area contributed by atoms with E-state index in [2.05, 4.69) is 5.32 Å². The number of ether oxygens (including phenoxy) is 1. The Labute approximate surface area is 107 Å². The van der Waals surface area contributed by atoms with E-state index in [0.29, 0.717) is 12.0 Å². The fourth-order valence-electron chi connectivity index (χ4n) is 2.77. The molecule has 96 valence electrons. The summed E-state index contributed by atoms with van der Waals surface area (Å²) in [4.78, 5) is 13.6. The number of nitrogens with one attached hydrogen (secondary N) is 1. The van der Waals surface area contributed by atoms with Gasteiger partial charge in [-0.15, -0.1) is 0 Å². The van der Waals surface area contributed by atoms with Gasteiger partial charge >= 0.3 is 6.09 Å². The first kappa shape index (κ1) is 11.5. The zero-order valence-corrected chi connectivity index (χ0v) is 10.4. The van der Waals surface area contributed by atoms with E-state index in [1.807, 2.05) is 30.3 Å². The predicted molar refractivity (Wildman–Crippen MR) is 68.1 cm³/mol. The summed E-state index contributed by atoms with van der Waals surface area (Å²) in [5.41, 5.74) is 1.37. The van der Waals surface area contributed by atoms with Crippen LogP contribution in [0.3, 0.4) is 0 Å². The van der Waals surface area contributed by atoms with Gasteiger partial charge in [0.25, 0.3) is 0 Å². The molecule has 0 saturated carbocycles. The van der Waals surface area contributed by atoms with Crippen LogP contribution in [0.2, 0.25) is 0 Å². The first-order valence-electron chi connectivity index (χ1n) is 6.44. The van der Waals surface area contributed by atoms with Gasteiger partial charge in [-0.25, -0.2) is 4.79 Å². The average molecular weight is 246 g/mol. The number of hydrogen-bond acceptors (Lipinski definition) is 3. The molecular formula is C14H18N2O2. The highest BCUT2D eigenvalue weighted by Gasteiger charge is 2.47. The third-order valence-electron chi connectivity index (χ3n) is 3.85. The van der Waals surface area contributed by atoms with Crippen LogP contribution in [0.5, 0.6) is 0 Å². The number of carbonyl (C=O) groups is 1. The van der Waals surface area contributed by atoms with Gasteiger partial charge in [-0.1, -0.05) is 30.3 Å². The number of amides is 1. The van der Waals surface area contributed by atoms with Gasteiger partial charge < -0.3 is 15.0 Å². The smallest absolute Gasteiger partial charge is 0.410 e. The third kappa shape index (κ3) is 2.20. The second-order valence-electron chi connectivity index (χ2n) is 5.32. The van der Waals surface area contributed by atoms with Gasteiger partial charge in [0, 0.05) is 25.0 Å². The molecule has 4 nitrogen and oxygen atoms in total. The molecule has 1 N–H and O–H groups in total. The molecule has 0 aliphatic carbocycles. The maximum Gasteiger partial charge on any atom is 0.410 e. The van der Waals surface area contributed by atoms with Crippen molar-refractivity contribution in [2.75, 3.05) is 26.2 Å². The lowest BCUT2D eigenvalue weighted by atomic mass is 9.79. The molecule has 0 atom stereocenters. The molecule has 2 saturated heterocycles. The highest BCUT2D eigenvalue weighted by molar-refractivity contribution is 5.69. The molecule has 0 aromatic heterocycles. The molecule has 3 rings (SSSR count). The van der Waals surface area contributed by atoms with Crippen LogP contribution in [-0.4, -0.2) is 37.2 Å².